The molecule has 4 nitrogen and oxygen atoms in total. The first kappa shape index (κ1) is 10.5. The highest BCUT2D eigenvalue weighted by atomic mass is 16.1. The molecular formula is C9H19N3O. The second-order valence-electron chi connectivity index (χ2n) is 3.83. The molecule has 0 spiro atoms. The molecule has 1 fully saturated rings. The van der Waals surface area contributed by atoms with Crippen LogP contribution in [0.4, 0.5) is 0 Å². The molecule has 0 aliphatic carbocycles. The van der Waals surface area contributed by atoms with Crippen molar-refractivity contribution in [2.75, 3.05) is 13.6 Å². The van der Waals surface area contributed by atoms with E-state index in [9.17, 15) is 4.79 Å². The summed E-state index contributed by atoms with van der Waals surface area (Å²) in [5.41, 5.74) is 10.9. The van der Waals surface area contributed by atoms with Crippen LogP contribution in [0, 0.1) is 0 Å². The second-order valence-corrected chi connectivity index (χ2v) is 3.83. The zero-order valence-corrected chi connectivity index (χ0v) is 8.20. The molecule has 1 aliphatic rings. The Morgan fingerprint density at radius 3 is 2.77 bits per heavy atom. The number of hydrogen-bond donors (Lipinski definition) is 2. The van der Waals surface area contributed by atoms with Gasteiger partial charge in [-0.1, -0.05) is 12.8 Å². The van der Waals surface area contributed by atoms with E-state index in [1.54, 1.807) is 0 Å². The summed E-state index contributed by atoms with van der Waals surface area (Å²) in [6.07, 6.45) is 4.56. The number of carbonyl (C=O) groups is 1. The molecule has 1 aliphatic heterocycles. The molecule has 0 aromatic rings. The van der Waals surface area contributed by atoms with Crippen LogP contribution in [0.3, 0.4) is 0 Å². The smallest absolute Gasteiger partial charge is 0.235 e. The minimum absolute atomic E-state index is 0.139. The first-order chi connectivity index (χ1) is 6.13. The average Bonchev–Trinajstić information content (AvgIpc) is 2.28. The first-order valence-corrected chi connectivity index (χ1v) is 4.88. The fourth-order valence-electron chi connectivity index (χ4n) is 1.92. The van der Waals surface area contributed by atoms with Crippen LogP contribution in [-0.2, 0) is 4.79 Å². The number of rotatable bonds is 2. The van der Waals surface area contributed by atoms with Gasteiger partial charge in [-0.25, -0.2) is 0 Å². The second kappa shape index (κ2) is 4.58. The molecule has 2 atom stereocenters. The summed E-state index contributed by atoms with van der Waals surface area (Å²) in [4.78, 5) is 13.1. The average molecular weight is 185 g/mol. The van der Waals surface area contributed by atoms with Crippen LogP contribution >= 0.6 is 0 Å². The van der Waals surface area contributed by atoms with E-state index in [0.29, 0.717) is 0 Å². The SMILES string of the molecule is CN1CCCCCC1C(N)C(N)=O. The predicted octanol–water partition coefficient (Wildman–Crippen LogP) is -0.327. The highest BCUT2D eigenvalue weighted by Crippen LogP contribution is 2.16. The van der Waals surface area contributed by atoms with Crippen LogP contribution in [0.1, 0.15) is 25.7 Å². The van der Waals surface area contributed by atoms with E-state index in [1.165, 1.54) is 12.8 Å². The van der Waals surface area contributed by atoms with Crippen molar-refractivity contribution in [1.29, 1.82) is 0 Å². The Kier molecular flexibility index (Phi) is 3.69. The van der Waals surface area contributed by atoms with Crippen molar-refractivity contribution in [3.63, 3.8) is 0 Å². The summed E-state index contributed by atoms with van der Waals surface area (Å²) < 4.78 is 0. The van der Waals surface area contributed by atoms with Crippen LogP contribution in [0.15, 0.2) is 0 Å². The molecule has 1 heterocycles. The normalized spacial score (nSPS) is 28.0. The molecule has 13 heavy (non-hydrogen) atoms. The van der Waals surface area contributed by atoms with E-state index in [4.69, 9.17) is 11.5 Å². The molecule has 1 amide bonds. The highest BCUT2D eigenvalue weighted by Gasteiger charge is 2.27. The Morgan fingerprint density at radius 2 is 2.15 bits per heavy atom. The molecule has 1 rings (SSSR count). The van der Waals surface area contributed by atoms with Crippen molar-refractivity contribution in [3.8, 4) is 0 Å². The fourth-order valence-corrected chi connectivity index (χ4v) is 1.92. The van der Waals surface area contributed by atoms with Crippen molar-refractivity contribution in [1.82, 2.24) is 4.90 Å². The Labute approximate surface area is 79.3 Å². The van der Waals surface area contributed by atoms with Crippen molar-refractivity contribution >= 4 is 5.91 Å². The van der Waals surface area contributed by atoms with Gasteiger partial charge in [0.25, 0.3) is 0 Å². The van der Waals surface area contributed by atoms with E-state index >= 15 is 0 Å². The molecule has 0 aromatic carbocycles. The van der Waals surface area contributed by atoms with Crippen LogP contribution in [0.25, 0.3) is 0 Å². The molecule has 76 valence electrons. The van der Waals surface area contributed by atoms with Gasteiger partial charge in [0.2, 0.25) is 5.91 Å². The van der Waals surface area contributed by atoms with E-state index < -0.39 is 11.9 Å². The van der Waals surface area contributed by atoms with E-state index in [2.05, 4.69) is 4.90 Å². The zero-order chi connectivity index (χ0) is 9.84. The quantitative estimate of drug-likeness (QED) is 0.619. The predicted molar refractivity (Wildman–Crippen MR) is 52.1 cm³/mol. The van der Waals surface area contributed by atoms with Crippen molar-refractivity contribution in [2.24, 2.45) is 11.5 Å². The summed E-state index contributed by atoms with van der Waals surface area (Å²) in [5.74, 6) is -0.390. The lowest BCUT2D eigenvalue weighted by Gasteiger charge is -2.28. The molecule has 2 unspecified atom stereocenters. The lowest BCUT2D eigenvalue weighted by Crippen LogP contribution is -2.52. The Morgan fingerprint density at radius 1 is 1.46 bits per heavy atom. The van der Waals surface area contributed by atoms with Crippen LogP contribution in [-0.4, -0.2) is 36.5 Å². The van der Waals surface area contributed by atoms with Crippen LogP contribution in [0.2, 0.25) is 0 Å². The number of amides is 1. The number of hydrogen-bond acceptors (Lipinski definition) is 3. The Bertz CT molecular complexity index is 184. The van der Waals surface area contributed by atoms with Gasteiger partial charge in [-0.2, -0.15) is 0 Å². The van der Waals surface area contributed by atoms with Crippen molar-refractivity contribution in [2.45, 2.75) is 37.8 Å². The number of nitrogens with two attached hydrogens (primary N) is 2. The Hall–Kier alpha value is -0.610. The van der Waals surface area contributed by atoms with E-state index in [0.717, 1.165) is 19.4 Å². The number of carbonyl (C=O) groups excluding carboxylic acids is 1. The first-order valence-electron chi connectivity index (χ1n) is 4.88. The summed E-state index contributed by atoms with van der Waals surface area (Å²) in [6, 6.07) is -0.372. The maximum absolute atomic E-state index is 10.9. The minimum atomic E-state index is -0.511. The lowest BCUT2D eigenvalue weighted by atomic mass is 10.0. The molecule has 4 N–H and O–H groups in total. The number of likely N-dealkylation sites (tertiary alicyclic amines) is 1. The molecule has 1 saturated heterocycles. The van der Waals surface area contributed by atoms with Crippen molar-refractivity contribution < 1.29 is 4.79 Å². The largest absolute Gasteiger partial charge is 0.368 e. The fraction of sp³-hybridized carbons (Fsp3) is 0.889. The monoisotopic (exact) mass is 185 g/mol. The third kappa shape index (κ3) is 2.67. The zero-order valence-electron chi connectivity index (χ0n) is 8.20. The van der Waals surface area contributed by atoms with Gasteiger partial charge in [-0.3, -0.25) is 4.79 Å². The van der Waals surface area contributed by atoms with Gasteiger partial charge in [-0.05, 0) is 26.4 Å². The summed E-state index contributed by atoms with van der Waals surface area (Å²) in [7, 11) is 2.01. The summed E-state index contributed by atoms with van der Waals surface area (Å²) in [5, 5.41) is 0. The van der Waals surface area contributed by atoms with Gasteiger partial charge in [-0.15, -0.1) is 0 Å². The number of likely N-dealkylation sites (N-methyl/N-ethyl adjacent to an activating group) is 1. The van der Waals surface area contributed by atoms with Gasteiger partial charge in [0, 0.05) is 6.04 Å². The van der Waals surface area contributed by atoms with E-state index in [1.807, 2.05) is 7.05 Å². The van der Waals surface area contributed by atoms with Gasteiger partial charge < -0.3 is 16.4 Å². The molecule has 0 saturated carbocycles. The van der Waals surface area contributed by atoms with E-state index in [-0.39, 0.29) is 6.04 Å². The molecule has 4 heteroatoms. The maximum Gasteiger partial charge on any atom is 0.235 e. The molecule has 0 bridgehead atoms. The summed E-state index contributed by atoms with van der Waals surface area (Å²) in [6.45, 7) is 1.02. The third-order valence-electron chi connectivity index (χ3n) is 2.82. The summed E-state index contributed by atoms with van der Waals surface area (Å²) >= 11 is 0. The topological polar surface area (TPSA) is 72.3 Å². The van der Waals surface area contributed by atoms with Gasteiger partial charge in [0.1, 0.15) is 0 Å². The van der Waals surface area contributed by atoms with Crippen molar-refractivity contribution in [3.05, 3.63) is 0 Å². The maximum atomic E-state index is 10.9. The lowest BCUT2D eigenvalue weighted by molar-refractivity contribution is -0.120. The molecule has 0 aromatic heterocycles. The standard InChI is InChI=1S/C9H19N3O/c1-12-6-4-2-3-5-7(12)8(10)9(11)13/h7-8H,2-6,10H2,1H3,(H2,11,13). The third-order valence-corrected chi connectivity index (χ3v) is 2.82. The minimum Gasteiger partial charge on any atom is -0.368 e. The number of primary amides is 1. The van der Waals surface area contributed by atoms with Gasteiger partial charge >= 0.3 is 0 Å². The highest BCUT2D eigenvalue weighted by molar-refractivity contribution is 5.80. The molecule has 0 radical (unpaired) electrons. The Balaban J connectivity index is 2.58. The molecular weight excluding hydrogens is 166 g/mol. The van der Waals surface area contributed by atoms with Crippen LogP contribution in [0.5, 0.6) is 0 Å². The van der Waals surface area contributed by atoms with Crippen LogP contribution < -0.4 is 11.5 Å². The van der Waals surface area contributed by atoms with Gasteiger partial charge in [0.05, 0.1) is 6.04 Å². The number of nitrogens with zero attached hydrogens (tertiary/aromatic N) is 1. The van der Waals surface area contributed by atoms with Gasteiger partial charge in [0.15, 0.2) is 0 Å².